The summed E-state index contributed by atoms with van der Waals surface area (Å²) in [4.78, 5) is 3.96. The van der Waals surface area contributed by atoms with Crippen molar-refractivity contribution in [2.24, 2.45) is 4.99 Å². The lowest BCUT2D eigenvalue weighted by atomic mass is 10.2. The molecule has 0 aliphatic heterocycles. The molecule has 0 fully saturated rings. The molecule has 0 spiro atoms. The molecule has 0 aliphatic rings. The fourth-order valence-corrected chi connectivity index (χ4v) is 1.19. The Morgan fingerprint density at radius 1 is 1.29 bits per heavy atom. The molecule has 1 aromatic carbocycles. The van der Waals surface area contributed by atoms with Gasteiger partial charge in [-0.3, -0.25) is 4.99 Å². The average Bonchev–Trinajstić information content (AvgIpc) is 2.25. The number of aliphatic imine (C=N–C) groups is 1. The highest BCUT2D eigenvalue weighted by molar-refractivity contribution is 5.50. The van der Waals surface area contributed by atoms with Gasteiger partial charge in [-0.05, 0) is 18.4 Å². The summed E-state index contributed by atoms with van der Waals surface area (Å²) in [6.07, 6.45) is 0.899. The minimum absolute atomic E-state index is 0.899. The predicted molar refractivity (Wildman–Crippen MR) is 65.8 cm³/mol. The second-order valence-electron chi connectivity index (χ2n) is 2.62. The molecule has 0 unspecified atom stereocenters. The molecular formula is C13H19N. The molecule has 1 rings (SSSR count). The Kier molecular flexibility index (Phi) is 6.38. The summed E-state index contributed by atoms with van der Waals surface area (Å²) in [5, 5.41) is 2.12. The van der Waals surface area contributed by atoms with Crippen LogP contribution in [0.25, 0.3) is 12.3 Å². The fraction of sp³-hybridized carbons (Fsp3) is 0.308. The Balaban J connectivity index is 0.000000791. The molecule has 0 aromatic heterocycles. The average molecular weight is 189 g/mol. The zero-order chi connectivity index (χ0) is 11.0. The van der Waals surface area contributed by atoms with Gasteiger partial charge in [-0.25, -0.2) is 0 Å². The summed E-state index contributed by atoms with van der Waals surface area (Å²) in [7, 11) is 0. The van der Waals surface area contributed by atoms with Crippen LogP contribution in [0.5, 0.6) is 0 Å². The molecule has 14 heavy (non-hydrogen) atoms. The van der Waals surface area contributed by atoms with Gasteiger partial charge in [0.15, 0.2) is 0 Å². The maximum atomic E-state index is 3.96. The lowest BCUT2D eigenvalue weighted by molar-refractivity contribution is 1.18. The highest BCUT2D eigenvalue weighted by Gasteiger charge is 1.90. The zero-order valence-corrected chi connectivity index (χ0v) is 9.38. The number of nitrogens with zero attached hydrogens (tertiary/aromatic N) is 1. The molecule has 0 amide bonds. The second-order valence-corrected chi connectivity index (χ2v) is 2.62. The SMILES string of the molecule is C=N/C(CC)=c1/ccccc1=C.CC. The van der Waals surface area contributed by atoms with Gasteiger partial charge in [0.2, 0.25) is 0 Å². The number of benzene rings is 1. The third kappa shape index (κ3) is 3.17. The molecule has 0 bridgehead atoms. The van der Waals surface area contributed by atoms with Gasteiger partial charge >= 0.3 is 0 Å². The smallest absolute Gasteiger partial charge is 0.0471 e. The van der Waals surface area contributed by atoms with Crippen molar-refractivity contribution in [1.29, 1.82) is 0 Å². The van der Waals surface area contributed by atoms with Crippen molar-refractivity contribution in [3.8, 4) is 0 Å². The maximum Gasteiger partial charge on any atom is 0.0471 e. The van der Waals surface area contributed by atoms with E-state index in [-0.39, 0.29) is 0 Å². The van der Waals surface area contributed by atoms with Crippen LogP contribution in [0.1, 0.15) is 27.2 Å². The molecule has 1 heteroatoms. The molecule has 0 saturated heterocycles. The van der Waals surface area contributed by atoms with E-state index in [0.717, 1.165) is 22.6 Å². The third-order valence-electron chi connectivity index (χ3n) is 1.85. The molecular weight excluding hydrogens is 170 g/mol. The molecule has 0 N–H and O–H groups in total. The zero-order valence-electron chi connectivity index (χ0n) is 9.38. The Labute approximate surface area is 86.5 Å². The summed E-state index contributed by atoms with van der Waals surface area (Å²) >= 11 is 0. The van der Waals surface area contributed by atoms with Gasteiger partial charge in [0, 0.05) is 10.9 Å². The Morgan fingerprint density at radius 2 is 1.86 bits per heavy atom. The standard InChI is InChI=1S/C11H13N.C2H6/c1-4-11(12-3)10-8-6-5-7-9(10)2;1-2/h5-8H,2-4H2,1H3;1-2H3/b11-10-;. The third-order valence-corrected chi connectivity index (χ3v) is 1.85. The van der Waals surface area contributed by atoms with Crippen molar-refractivity contribution < 1.29 is 0 Å². The van der Waals surface area contributed by atoms with Crippen molar-refractivity contribution >= 4 is 19.0 Å². The van der Waals surface area contributed by atoms with Gasteiger partial charge in [-0.2, -0.15) is 0 Å². The minimum atomic E-state index is 0.899. The van der Waals surface area contributed by atoms with Crippen molar-refractivity contribution in [2.45, 2.75) is 27.2 Å². The van der Waals surface area contributed by atoms with E-state index in [1.807, 2.05) is 38.1 Å². The van der Waals surface area contributed by atoms with Gasteiger partial charge in [0.05, 0.1) is 0 Å². The van der Waals surface area contributed by atoms with E-state index in [1.165, 1.54) is 0 Å². The minimum Gasteiger partial charge on any atom is -0.268 e. The van der Waals surface area contributed by atoms with Crippen LogP contribution in [0, 0.1) is 0 Å². The van der Waals surface area contributed by atoms with Crippen molar-refractivity contribution in [1.82, 2.24) is 0 Å². The van der Waals surface area contributed by atoms with E-state index in [9.17, 15) is 0 Å². The molecule has 0 heterocycles. The Hall–Kier alpha value is -1.37. The molecule has 0 atom stereocenters. The normalized spacial score (nSPS) is 11.1. The monoisotopic (exact) mass is 189 g/mol. The fourth-order valence-electron chi connectivity index (χ4n) is 1.19. The van der Waals surface area contributed by atoms with Crippen LogP contribution >= 0.6 is 0 Å². The first-order valence-corrected chi connectivity index (χ1v) is 5.03. The van der Waals surface area contributed by atoms with E-state index < -0.39 is 0 Å². The summed E-state index contributed by atoms with van der Waals surface area (Å²) in [5.41, 5.74) is 1.01. The van der Waals surface area contributed by atoms with E-state index in [4.69, 9.17) is 0 Å². The van der Waals surface area contributed by atoms with Crippen molar-refractivity contribution in [3.05, 3.63) is 34.7 Å². The predicted octanol–water partition coefficient (Wildman–Crippen LogP) is 2.34. The van der Waals surface area contributed by atoms with E-state index in [2.05, 4.69) is 25.2 Å². The Bertz CT molecular complexity index is 376. The molecule has 1 aromatic rings. The van der Waals surface area contributed by atoms with E-state index in [1.54, 1.807) is 0 Å². The van der Waals surface area contributed by atoms with Crippen LogP contribution < -0.4 is 10.4 Å². The first kappa shape index (κ1) is 12.6. The van der Waals surface area contributed by atoms with Gasteiger partial charge < -0.3 is 0 Å². The van der Waals surface area contributed by atoms with Gasteiger partial charge in [0.25, 0.3) is 0 Å². The lowest BCUT2D eigenvalue weighted by Gasteiger charge is -1.95. The van der Waals surface area contributed by atoms with Crippen molar-refractivity contribution in [2.75, 3.05) is 0 Å². The molecule has 76 valence electrons. The Morgan fingerprint density at radius 3 is 2.29 bits per heavy atom. The molecule has 0 saturated carbocycles. The highest BCUT2D eigenvalue weighted by Crippen LogP contribution is 1.97. The van der Waals surface area contributed by atoms with Crippen LogP contribution in [-0.4, -0.2) is 6.72 Å². The van der Waals surface area contributed by atoms with Crippen LogP contribution in [0.2, 0.25) is 0 Å². The topological polar surface area (TPSA) is 12.4 Å². The summed E-state index contributed by atoms with van der Waals surface area (Å²) in [5.74, 6) is 0. The van der Waals surface area contributed by atoms with E-state index >= 15 is 0 Å². The summed E-state index contributed by atoms with van der Waals surface area (Å²) in [6.45, 7) is 13.5. The van der Waals surface area contributed by atoms with Gasteiger partial charge in [-0.15, -0.1) is 0 Å². The van der Waals surface area contributed by atoms with Crippen LogP contribution in [0.15, 0.2) is 29.3 Å². The van der Waals surface area contributed by atoms with Crippen LogP contribution in [0.3, 0.4) is 0 Å². The maximum absolute atomic E-state index is 3.96. The molecule has 0 aliphatic carbocycles. The molecule has 1 nitrogen and oxygen atoms in total. The summed E-state index contributed by atoms with van der Waals surface area (Å²) in [6, 6.07) is 7.97. The van der Waals surface area contributed by atoms with Crippen LogP contribution in [0.4, 0.5) is 0 Å². The van der Waals surface area contributed by atoms with Crippen LogP contribution in [-0.2, 0) is 0 Å². The van der Waals surface area contributed by atoms with Crippen molar-refractivity contribution in [3.63, 3.8) is 0 Å². The lowest BCUT2D eigenvalue weighted by Crippen LogP contribution is -2.24. The number of hydrogen-bond donors (Lipinski definition) is 0. The highest BCUT2D eigenvalue weighted by atomic mass is 14.7. The number of hydrogen-bond acceptors (Lipinski definition) is 1. The quantitative estimate of drug-likeness (QED) is 0.633. The van der Waals surface area contributed by atoms with E-state index in [0.29, 0.717) is 0 Å². The summed E-state index contributed by atoms with van der Waals surface area (Å²) < 4.78 is 0. The van der Waals surface area contributed by atoms with Gasteiger partial charge in [0.1, 0.15) is 0 Å². The second kappa shape index (κ2) is 7.07. The largest absolute Gasteiger partial charge is 0.268 e. The first-order valence-electron chi connectivity index (χ1n) is 5.03. The molecule has 0 radical (unpaired) electrons. The number of rotatable bonds is 2. The van der Waals surface area contributed by atoms with Gasteiger partial charge in [-0.1, -0.05) is 51.6 Å². The first-order chi connectivity index (χ1) is 6.79.